The van der Waals surface area contributed by atoms with E-state index in [2.05, 4.69) is 10.6 Å². The number of carbonyl (C=O) groups is 7. The molecule has 1 saturated heterocycles. The lowest BCUT2D eigenvalue weighted by Crippen LogP contribution is -2.57. The Kier molecular flexibility index (Phi) is 14.2. The van der Waals surface area contributed by atoms with Crippen molar-refractivity contribution in [3.05, 3.63) is 35.9 Å². The Labute approximate surface area is 327 Å². The quantitative estimate of drug-likeness (QED) is 0.201. The monoisotopic (exact) mass is 790 g/mol. The van der Waals surface area contributed by atoms with E-state index < -0.39 is 109 Å². The molecule has 0 radical (unpaired) electrons. The molecule has 2 saturated carbocycles. The number of nitrogens with zero attached hydrogens (tertiary/aromatic N) is 2. The van der Waals surface area contributed by atoms with Crippen molar-refractivity contribution in [2.45, 2.75) is 129 Å². The molecule has 0 spiro atoms. The van der Waals surface area contributed by atoms with Crippen LogP contribution in [0.4, 0.5) is 18.0 Å². The van der Waals surface area contributed by atoms with Crippen LogP contribution >= 0.6 is 0 Å². The van der Waals surface area contributed by atoms with E-state index in [1.54, 1.807) is 51.1 Å². The molecule has 1 unspecified atom stereocenters. The second-order valence-electron chi connectivity index (χ2n) is 17.4. The number of likely N-dealkylation sites (N-methyl/N-ethyl adjacent to an activating group) is 1. The number of piperidine rings is 1. The fourth-order valence-electron chi connectivity index (χ4n) is 8.37. The Bertz CT molecular complexity index is 1630. The van der Waals surface area contributed by atoms with E-state index in [1.807, 2.05) is 13.8 Å². The fourth-order valence-corrected chi connectivity index (χ4v) is 8.37. The number of nitrogens with one attached hydrogen (secondary N) is 2. The summed E-state index contributed by atoms with van der Waals surface area (Å²) in [6.45, 7) is 9.17. The molecule has 1 aliphatic heterocycles. The minimum atomic E-state index is -4.69. The van der Waals surface area contributed by atoms with Gasteiger partial charge in [0, 0.05) is 52.2 Å². The second kappa shape index (κ2) is 17.9. The van der Waals surface area contributed by atoms with Crippen LogP contribution in [0.1, 0.15) is 110 Å². The van der Waals surface area contributed by atoms with E-state index in [1.165, 1.54) is 23.9 Å². The van der Waals surface area contributed by atoms with Crippen molar-refractivity contribution in [3.8, 4) is 0 Å². The number of rotatable bonds is 16. The van der Waals surface area contributed by atoms with Gasteiger partial charge in [-0.3, -0.25) is 28.8 Å². The number of Topliss-reactive ketones (excluding diaryl/α,β-unsaturated/α-hetero) is 3. The van der Waals surface area contributed by atoms with E-state index in [4.69, 9.17) is 4.74 Å². The predicted octanol–water partition coefficient (Wildman–Crippen LogP) is 5.73. The van der Waals surface area contributed by atoms with Crippen molar-refractivity contribution >= 4 is 41.2 Å². The van der Waals surface area contributed by atoms with Gasteiger partial charge in [0.25, 0.3) is 0 Å². The molecular formula is C41H57F3N4O8. The lowest BCUT2D eigenvalue weighted by Gasteiger charge is -2.37. The van der Waals surface area contributed by atoms with Crippen LogP contribution in [0.15, 0.2) is 30.3 Å². The summed E-state index contributed by atoms with van der Waals surface area (Å²) in [4.78, 5) is 96.8. The van der Waals surface area contributed by atoms with Gasteiger partial charge in [-0.05, 0) is 68.8 Å². The summed E-state index contributed by atoms with van der Waals surface area (Å²) in [5, 5.41) is 5.33. The maximum atomic E-state index is 14.4. The van der Waals surface area contributed by atoms with Gasteiger partial charge in [0.15, 0.2) is 11.6 Å². The first-order valence-corrected chi connectivity index (χ1v) is 19.5. The first-order chi connectivity index (χ1) is 26.0. The smallest absolute Gasteiger partial charge is 0.408 e. The molecule has 3 fully saturated rings. The van der Waals surface area contributed by atoms with Crippen molar-refractivity contribution in [2.75, 3.05) is 20.6 Å². The summed E-state index contributed by atoms with van der Waals surface area (Å²) < 4.78 is 46.0. The highest BCUT2D eigenvalue weighted by Crippen LogP contribution is 2.65. The van der Waals surface area contributed by atoms with Gasteiger partial charge < -0.3 is 25.2 Å². The summed E-state index contributed by atoms with van der Waals surface area (Å²) in [7, 11) is 3.02. The topological polar surface area (TPSA) is 159 Å². The van der Waals surface area contributed by atoms with Crippen LogP contribution in [-0.2, 0) is 33.5 Å². The van der Waals surface area contributed by atoms with Gasteiger partial charge >= 0.3 is 12.3 Å². The van der Waals surface area contributed by atoms with Gasteiger partial charge in [0.2, 0.25) is 23.5 Å². The highest BCUT2D eigenvalue weighted by molar-refractivity contribution is 6.38. The number of hydrogen-bond donors (Lipinski definition) is 2. The molecule has 4 amide bonds. The molecule has 56 heavy (non-hydrogen) atoms. The lowest BCUT2D eigenvalue weighted by molar-refractivity contribution is -0.148. The molecule has 0 aromatic heterocycles. The normalized spacial score (nSPS) is 22.2. The molecule has 1 aromatic carbocycles. The van der Waals surface area contributed by atoms with Crippen LogP contribution in [0.25, 0.3) is 0 Å². The van der Waals surface area contributed by atoms with Gasteiger partial charge in [-0.25, -0.2) is 4.79 Å². The van der Waals surface area contributed by atoms with Crippen molar-refractivity contribution in [2.24, 2.45) is 29.1 Å². The van der Waals surface area contributed by atoms with Crippen LogP contribution in [0.3, 0.4) is 0 Å². The van der Waals surface area contributed by atoms with E-state index in [-0.39, 0.29) is 29.7 Å². The number of amides is 4. The number of fused-ring (bicyclic) bond motifs is 1. The molecule has 4 rings (SSSR count). The number of ether oxygens (including phenoxy) is 1. The summed E-state index contributed by atoms with van der Waals surface area (Å²) in [5.41, 5.74) is -0.716. The zero-order valence-electron chi connectivity index (χ0n) is 33.5. The molecule has 1 aromatic rings. The zero-order valence-corrected chi connectivity index (χ0v) is 33.5. The summed E-state index contributed by atoms with van der Waals surface area (Å²) in [5.74, 6) is -6.86. The van der Waals surface area contributed by atoms with Gasteiger partial charge in [-0.1, -0.05) is 63.4 Å². The zero-order chi connectivity index (χ0) is 41.7. The van der Waals surface area contributed by atoms with Crippen LogP contribution in [-0.4, -0.2) is 95.5 Å². The number of hydrogen-bond acceptors (Lipinski definition) is 8. The molecule has 310 valence electrons. The Hall–Kier alpha value is -4.30. The first-order valence-electron chi connectivity index (χ1n) is 19.5. The molecule has 12 nitrogen and oxygen atoms in total. The number of carbonyl (C=O) groups excluding carboxylic acids is 7. The number of benzene rings is 1. The Morgan fingerprint density at radius 2 is 1.55 bits per heavy atom. The fraction of sp³-hybridized carbons (Fsp3) is 0.683. The molecule has 3 aliphatic rings. The summed E-state index contributed by atoms with van der Waals surface area (Å²) in [6, 6.07) is 5.24. The van der Waals surface area contributed by atoms with Crippen molar-refractivity contribution < 1.29 is 51.5 Å². The molecule has 2 aliphatic carbocycles. The van der Waals surface area contributed by atoms with Gasteiger partial charge in [-0.15, -0.1) is 0 Å². The Morgan fingerprint density at radius 3 is 2.12 bits per heavy atom. The number of alkyl carbamates (subject to hydrolysis) is 1. The highest BCUT2D eigenvalue weighted by Gasteiger charge is 2.69. The molecule has 0 bridgehead atoms. The highest BCUT2D eigenvalue weighted by atomic mass is 19.4. The largest absolute Gasteiger partial charge is 0.444 e. The van der Waals surface area contributed by atoms with E-state index in [0.29, 0.717) is 18.4 Å². The molecule has 6 atom stereocenters. The van der Waals surface area contributed by atoms with Crippen LogP contribution in [0.5, 0.6) is 0 Å². The third-order valence-electron chi connectivity index (χ3n) is 11.5. The van der Waals surface area contributed by atoms with Gasteiger partial charge in [0.1, 0.15) is 17.7 Å². The molecule has 2 N–H and O–H groups in total. The van der Waals surface area contributed by atoms with E-state index >= 15 is 0 Å². The van der Waals surface area contributed by atoms with E-state index in [0.717, 1.165) is 19.3 Å². The van der Waals surface area contributed by atoms with Crippen LogP contribution in [0, 0.1) is 29.1 Å². The van der Waals surface area contributed by atoms with Crippen molar-refractivity contribution in [3.63, 3.8) is 0 Å². The standard InChI is InChI=1S/C41H57F3N4O8/c1-39(2,3)56-38(55)46-33(25-16-12-9-13-17-25)37(54)48-23-27-31(40(27,4)5)34(48)29(50)22-26(20-21-41(42,43)44)35(52)28(49)18-19-30(51)45-32(36(53)47(6)7)24-14-10-8-11-15-24/h8,10-11,14-15,25-27,31-34H,9,12-13,16-23H2,1-7H3,(H,45,51)(H,46,55)/t26?,27-,31-,32-,33-,34+/m0/s1. The predicted molar refractivity (Wildman–Crippen MR) is 200 cm³/mol. The Morgan fingerprint density at radius 1 is 0.929 bits per heavy atom. The van der Waals surface area contributed by atoms with E-state index in [9.17, 15) is 46.7 Å². The number of alkyl halides is 3. The molecule has 1 heterocycles. The number of likely N-dealkylation sites (tertiary alicyclic amines) is 1. The maximum Gasteiger partial charge on any atom is 0.408 e. The van der Waals surface area contributed by atoms with Gasteiger partial charge in [0.05, 0.1) is 6.04 Å². The first kappa shape index (κ1) is 44.4. The average molecular weight is 791 g/mol. The molecule has 15 heteroatoms. The van der Waals surface area contributed by atoms with Gasteiger partial charge in [-0.2, -0.15) is 13.2 Å². The van der Waals surface area contributed by atoms with Crippen molar-refractivity contribution in [1.29, 1.82) is 0 Å². The minimum absolute atomic E-state index is 0.0857. The third kappa shape index (κ3) is 11.4. The summed E-state index contributed by atoms with van der Waals surface area (Å²) in [6.07, 6.45) is -5.57. The number of halogens is 3. The van der Waals surface area contributed by atoms with Crippen LogP contribution in [0.2, 0.25) is 0 Å². The molecular weight excluding hydrogens is 733 g/mol. The second-order valence-corrected chi connectivity index (χ2v) is 17.4. The SMILES string of the molecule is CN(C)C(=O)[C@@H](NC(=O)CCC(=O)C(=O)C(CCC(F)(F)F)CC(=O)[C@@H]1[C@@H]2[C@H](CN1C(=O)[C@@H](NC(=O)OC(C)(C)C)C1CCCCC1)C2(C)C)c1ccccc1. The number of ketones is 3. The minimum Gasteiger partial charge on any atom is -0.444 e. The third-order valence-corrected chi connectivity index (χ3v) is 11.5. The van der Waals surface area contributed by atoms with Crippen molar-refractivity contribution in [1.82, 2.24) is 20.4 Å². The van der Waals surface area contributed by atoms with Crippen LogP contribution < -0.4 is 10.6 Å². The Balaban J connectivity index is 1.51. The maximum absolute atomic E-state index is 14.4. The average Bonchev–Trinajstić information content (AvgIpc) is 3.42. The lowest BCUT2D eigenvalue weighted by atomic mass is 9.82. The summed E-state index contributed by atoms with van der Waals surface area (Å²) >= 11 is 0.